The van der Waals surface area contributed by atoms with Crippen molar-refractivity contribution in [1.29, 1.82) is 0 Å². The van der Waals surface area contributed by atoms with Crippen molar-refractivity contribution < 1.29 is 14.7 Å². The number of piperazine rings is 1. The number of piperidine rings is 1. The van der Waals surface area contributed by atoms with Crippen LogP contribution in [0.25, 0.3) is 0 Å². The van der Waals surface area contributed by atoms with Crippen molar-refractivity contribution in [2.75, 3.05) is 39.3 Å². The van der Waals surface area contributed by atoms with Crippen LogP contribution in [0.2, 0.25) is 0 Å². The number of carbonyl (C=O) groups is 2. The summed E-state index contributed by atoms with van der Waals surface area (Å²) in [5.74, 6) is 2.10. The number of halogens is 1. The lowest BCUT2D eigenvalue weighted by Crippen LogP contribution is -2.62. The summed E-state index contributed by atoms with van der Waals surface area (Å²) in [7, 11) is 0. The molecule has 0 radical (unpaired) electrons. The van der Waals surface area contributed by atoms with Gasteiger partial charge in [-0.15, -0.1) is 11.6 Å². The van der Waals surface area contributed by atoms with Crippen LogP contribution in [0.5, 0.6) is 0 Å². The second-order valence-electron chi connectivity index (χ2n) is 17.2. The Bertz CT molecular complexity index is 1330. The van der Waals surface area contributed by atoms with Crippen molar-refractivity contribution in [3.63, 3.8) is 0 Å². The van der Waals surface area contributed by atoms with Gasteiger partial charge in [-0.25, -0.2) is 0 Å². The van der Waals surface area contributed by atoms with E-state index < -0.39 is 5.60 Å². The molecule has 8 heteroatoms. The van der Waals surface area contributed by atoms with E-state index in [0.717, 1.165) is 36.9 Å². The van der Waals surface area contributed by atoms with Gasteiger partial charge in [-0.2, -0.15) is 0 Å². The molecule has 7 fully saturated rings. The third-order valence-corrected chi connectivity index (χ3v) is 14.7. The van der Waals surface area contributed by atoms with Gasteiger partial charge in [-0.3, -0.25) is 19.8 Å². The van der Waals surface area contributed by atoms with Crippen LogP contribution in [0, 0.1) is 23.2 Å². The van der Waals surface area contributed by atoms with Gasteiger partial charge >= 0.3 is 0 Å². The average Bonchev–Trinajstić information content (AvgIpc) is 3.70. The summed E-state index contributed by atoms with van der Waals surface area (Å²) in [4.78, 5) is 32.9. The first-order valence-electron chi connectivity index (χ1n) is 19.9. The van der Waals surface area contributed by atoms with Gasteiger partial charge < -0.3 is 14.9 Å². The molecule has 4 aliphatic heterocycles. The van der Waals surface area contributed by atoms with E-state index in [-0.39, 0.29) is 28.1 Å². The minimum absolute atomic E-state index is 0.0419. The summed E-state index contributed by atoms with van der Waals surface area (Å²) in [6.07, 6.45) is 22.9. The Kier molecular flexibility index (Phi) is 9.39. The lowest BCUT2D eigenvalue weighted by Gasteiger charge is -2.57. The Morgan fingerprint density at radius 1 is 0.750 bits per heavy atom. The molecule has 8 unspecified atom stereocenters. The molecular formula is C40H59ClN4O3. The highest BCUT2D eigenvalue weighted by Gasteiger charge is 2.61. The molecule has 3 aliphatic carbocycles. The molecule has 0 aromatic heterocycles. The first-order valence-corrected chi connectivity index (χ1v) is 20.3. The van der Waals surface area contributed by atoms with E-state index in [9.17, 15) is 14.7 Å². The third-order valence-electron chi connectivity index (χ3n) is 14.4. The number of hydrogen-bond donors (Lipinski definition) is 2. The zero-order valence-corrected chi connectivity index (χ0v) is 29.9. The van der Waals surface area contributed by atoms with Gasteiger partial charge in [0.15, 0.2) is 0 Å². The zero-order chi connectivity index (χ0) is 32.9. The maximum absolute atomic E-state index is 13.7. The molecule has 3 saturated carbocycles. The summed E-state index contributed by atoms with van der Waals surface area (Å²) in [5.41, 5.74) is 1.05. The Labute approximate surface area is 293 Å². The van der Waals surface area contributed by atoms with Crippen LogP contribution in [0.4, 0.5) is 0 Å². The molecule has 8 rings (SSSR count). The number of aliphatic hydroxyl groups is 1. The number of rotatable bonds is 3. The van der Waals surface area contributed by atoms with Gasteiger partial charge in [-0.1, -0.05) is 76.3 Å². The molecule has 2 N–H and O–H groups in total. The molecule has 48 heavy (non-hydrogen) atoms. The van der Waals surface area contributed by atoms with Crippen LogP contribution < -0.4 is 5.32 Å². The van der Waals surface area contributed by atoms with E-state index in [1.807, 2.05) is 4.90 Å². The molecule has 264 valence electrons. The van der Waals surface area contributed by atoms with Crippen molar-refractivity contribution in [2.24, 2.45) is 23.2 Å². The van der Waals surface area contributed by atoms with Crippen molar-refractivity contribution in [3.8, 4) is 0 Å². The molecule has 7 bridgehead atoms. The lowest BCUT2D eigenvalue weighted by molar-refractivity contribution is -0.143. The molecule has 4 saturated heterocycles. The smallest absolute Gasteiger partial charge is 0.254 e. The highest BCUT2D eigenvalue weighted by atomic mass is 35.5. The molecule has 7 aliphatic rings. The third kappa shape index (κ3) is 6.05. The predicted octanol–water partition coefficient (Wildman–Crippen LogP) is 6.66. The summed E-state index contributed by atoms with van der Waals surface area (Å²) in [6, 6.07) is 8.74. The summed E-state index contributed by atoms with van der Waals surface area (Å²) in [5, 5.41) is 14.7. The topological polar surface area (TPSA) is 76.1 Å². The maximum atomic E-state index is 13.7. The fourth-order valence-electron chi connectivity index (χ4n) is 11.6. The zero-order valence-electron chi connectivity index (χ0n) is 29.2. The highest BCUT2D eigenvalue weighted by Crippen LogP contribution is 2.58. The quantitative estimate of drug-likeness (QED) is 0.350. The van der Waals surface area contributed by atoms with Crippen molar-refractivity contribution in [2.45, 2.75) is 138 Å². The van der Waals surface area contributed by atoms with Gasteiger partial charge in [0.1, 0.15) is 5.60 Å². The number of carbonyl (C=O) groups excluding carboxylic acids is 2. The van der Waals surface area contributed by atoms with E-state index in [4.69, 9.17) is 11.6 Å². The fourth-order valence-corrected chi connectivity index (χ4v) is 12.1. The summed E-state index contributed by atoms with van der Waals surface area (Å²) in [6.45, 7) is 3.90. The SMILES string of the molecule is O=C(c1ccc(C23CNC4N2CC(Cl)CC42CCCCCCCC(C2)C2CCCCCC3CC2)cc1)N1CCN(C(=O)C2(O)CC2)CC1. The lowest BCUT2D eigenvalue weighted by atomic mass is 9.61. The van der Waals surface area contributed by atoms with E-state index in [2.05, 4.69) is 34.5 Å². The Morgan fingerprint density at radius 2 is 1.42 bits per heavy atom. The summed E-state index contributed by atoms with van der Waals surface area (Å²) >= 11 is 7.41. The van der Waals surface area contributed by atoms with Crippen LogP contribution in [-0.2, 0) is 10.3 Å². The number of benzene rings is 1. The molecule has 2 amide bonds. The second kappa shape index (κ2) is 13.5. The van der Waals surface area contributed by atoms with E-state index in [1.165, 1.54) is 102 Å². The van der Waals surface area contributed by atoms with Gasteiger partial charge in [0, 0.05) is 55.6 Å². The monoisotopic (exact) mass is 678 g/mol. The van der Waals surface area contributed by atoms with Gasteiger partial charge in [0.25, 0.3) is 11.8 Å². The minimum Gasteiger partial charge on any atom is -0.380 e. The van der Waals surface area contributed by atoms with Gasteiger partial charge in [0.2, 0.25) is 0 Å². The molecule has 1 spiro atoms. The first kappa shape index (κ1) is 33.5. The number of fused-ring (bicyclic) bond motifs is 6. The Morgan fingerprint density at radius 3 is 2.19 bits per heavy atom. The molecular weight excluding hydrogens is 620 g/mol. The van der Waals surface area contributed by atoms with E-state index in [0.29, 0.717) is 51.1 Å². The van der Waals surface area contributed by atoms with Crippen LogP contribution in [0.15, 0.2) is 24.3 Å². The second-order valence-corrected chi connectivity index (χ2v) is 17.8. The maximum Gasteiger partial charge on any atom is 0.254 e. The number of amides is 2. The first-order chi connectivity index (χ1) is 23.3. The normalized spacial score (nSPS) is 39.9. The fraction of sp³-hybridized carbons (Fsp3) is 0.800. The largest absolute Gasteiger partial charge is 0.380 e. The van der Waals surface area contributed by atoms with E-state index >= 15 is 0 Å². The van der Waals surface area contributed by atoms with Crippen molar-refractivity contribution in [1.82, 2.24) is 20.0 Å². The molecule has 1 aromatic rings. The van der Waals surface area contributed by atoms with Crippen LogP contribution in [0.3, 0.4) is 0 Å². The number of alkyl halides is 1. The molecule has 4 heterocycles. The van der Waals surface area contributed by atoms with Crippen LogP contribution in [-0.4, -0.2) is 88.0 Å². The summed E-state index contributed by atoms with van der Waals surface area (Å²) < 4.78 is 0. The molecule has 8 atom stereocenters. The Balaban J connectivity index is 1.10. The Hall–Kier alpha value is -1.67. The van der Waals surface area contributed by atoms with Crippen molar-refractivity contribution in [3.05, 3.63) is 35.4 Å². The highest BCUT2D eigenvalue weighted by molar-refractivity contribution is 6.20. The standard InChI is InChI=1S/C40H59ClN4O3/c41-34-26-38-18-8-3-1-2-5-10-31(25-38)29-9-6-4-7-11-32(15-12-29)40(28-42-36(38)45(40)27-34)33-16-13-30(14-17-33)35(46)43-21-23-44(24-22-43)37(47)39(48)19-20-39/h13-14,16-17,29,31-32,34,36,42,48H,1-12,15,18-28H2. The van der Waals surface area contributed by atoms with Crippen LogP contribution >= 0.6 is 11.6 Å². The van der Waals surface area contributed by atoms with Crippen LogP contribution in [0.1, 0.15) is 131 Å². The van der Waals surface area contributed by atoms with Gasteiger partial charge in [-0.05, 0) is 86.8 Å². The minimum atomic E-state index is -1.14. The number of nitrogens with zero attached hydrogens (tertiary/aromatic N) is 3. The van der Waals surface area contributed by atoms with Crippen molar-refractivity contribution >= 4 is 23.4 Å². The number of nitrogens with one attached hydrogen (secondary N) is 1. The molecule has 7 nitrogen and oxygen atoms in total. The van der Waals surface area contributed by atoms with Gasteiger partial charge in [0.05, 0.1) is 11.7 Å². The average molecular weight is 679 g/mol. The molecule has 1 aromatic carbocycles. The van der Waals surface area contributed by atoms with E-state index in [1.54, 1.807) is 4.90 Å². The number of hydrogen-bond acceptors (Lipinski definition) is 5. The predicted molar refractivity (Wildman–Crippen MR) is 190 cm³/mol.